The van der Waals surface area contributed by atoms with E-state index in [0.717, 1.165) is 17.2 Å². The summed E-state index contributed by atoms with van der Waals surface area (Å²) in [6.45, 7) is 6.90. The van der Waals surface area contributed by atoms with Crippen LogP contribution in [0.1, 0.15) is 25.2 Å². The highest BCUT2D eigenvalue weighted by Crippen LogP contribution is 2.23. The maximum atomic E-state index is 12.2. The molecule has 0 radical (unpaired) electrons. The lowest BCUT2D eigenvalue weighted by molar-refractivity contribution is 0.353. The number of imidazole rings is 1. The summed E-state index contributed by atoms with van der Waals surface area (Å²) in [4.78, 5) is 15.0. The standard InChI is InChI=1S/C18H26N6O2S/c1-14-20-7-8-24(14)16-6-5-15(11-21-16)12-22-17(19-4)23-9-10-27(25,26)18(2,3)13-23/h5-8,11H,9-10,12-13H2,1-4H3,(H,19,22). The molecule has 146 valence electrons. The fraction of sp³-hybridized carbons (Fsp3) is 0.500. The van der Waals surface area contributed by atoms with E-state index >= 15 is 0 Å². The van der Waals surface area contributed by atoms with Crippen LogP contribution in [0.15, 0.2) is 35.7 Å². The topological polar surface area (TPSA) is 92.5 Å². The lowest BCUT2D eigenvalue weighted by atomic mass is 10.2. The van der Waals surface area contributed by atoms with Crippen LogP contribution in [0.4, 0.5) is 0 Å². The first-order valence-corrected chi connectivity index (χ1v) is 10.5. The van der Waals surface area contributed by atoms with Gasteiger partial charge in [0, 0.05) is 45.3 Å². The number of hydrogen-bond donors (Lipinski definition) is 1. The average Bonchev–Trinajstić information content (AvgIpc) is 3.05. The SMILES string of the molecule is CN=C(NCc1ccc(-n2ccnc2C)nc1)N1CCS(=O)(=O)C(C)(C)C1. The molecule has 1 aliphatic heterocycles. The van der Waals surface area contributed by atoms with Crippen molar-refractivity contribution in [3.05, 3.63) is 42.1 Å². The van der Waals surface area contributed by atoms with Crippen molar-refractivity contribution < 1.29 is 8.42 Å². The predicted molar refractivity (Wildman–Crippen MR) is 106 cm³/mol. The molecule has 9 heteroatoms. The number of aryl methyl sites for hydroxylation is 1. The highest BCUT2D eigenvalue weighted by atomic mass is 32.2. The Kier molecular flexibility index (Phi) is 5.23. The summed E-state index contributed by atoms with van der Waals surface area (Å²) in [5.74, 6) is 2.55. The number of pyridine rings is 1. The maximum Gasteiger partial charge on any atom is 0.193 e. The monoisotopic (exact) mass is 390 g/mol. The van der Waals surface area contributed by atoms with Crippen LogP contribution in [0.3, 0.4) is 0 Å². The molecule has 1 saturated heterocycles. The van der Waals surface area contributed by atoms with Crippen molar-refractivity contribution in [1.29, 1.82) is 0 Å². The zero-order valence-corrected chi connectivity index (χ0v) is 17.0. The third kappa shape index (κ3) is 3.97. The van der Waals surface area contributed by atoms with Gasteiger partial charge in [-0.1, -0.05) is 6.07 Å². The molecular weight excluding hydrogens is 364 g/mol. The Balaban J connectivity index is 1.64. The predicted octanol–water partition coefficient (Wildman–Crippen LogP) is 1.16. The van der Waals surface area contributed by atoms with Gasteiger partial charge in [0.05, 0.1) is 10.5 Å². The van der Waals surface area contributed by atoms with Crippen LogP contribution < -0.4 is 5.32 Å². The number of nitrogens with zero attached hydrogens (tertiary/aromatic N) is 5. The first-order valence-electron chi connectivity index (χ1n) is 8.87. The molecule has 0 saturated carbocycles. The van der Waals surface area contributed by atoms with Crippen molar-refractivity contribution in [2.24, 2.45) is 4.99 Å². The zero-order chi connectivity index (χ0) is 19.7. The molecule has 1 fully saturated rings. The number of hydrogen-bond acceptors (Lipinski definition) is 5. The Bertz CT molecular complexity index is 931. The van der Waals surface area contributed by atoms with Crippen LogP contribution in [0, 0.1) is 6.92 Å². The molecule has 3 heterocycles. The van der Waals surface area contributed by atoms with Crippen molar-refractivity contribution in [3.63, 3.8) is 0 Å². The van der Waals surface area contributed by atoms with Crippen LogP contribution in [-0.4, -0.2) is 64.4 Å². The molecule has 0 spiro atoms. The fourth-order valence-electron chi connectivity index (χ4n) is 3.12. The lowest BCUT2D eigenvalue weighted by Crippen LogP contribution is -2.57. The van der Waals surface area contributed by atoms with Crippen LogP contribution in [0.25, 0.3) is 5.82 Å². The highest BCUT2D eigenvalue weighted by molar-refractivity contribution is 7.92. The Labute approximate surface area is 160 Å². The molecular formula is C18H26N6O2S. The second-order valence-electron chi connectivity index (χ2n) is 7.27. The van der Waals surface area contributed by atoms with E-state index in [2.05, 4.69) is 20.3 Å². The van der Waals surface area contributed by atoms with Gasteiger partial charge in [-0.3, -0.25) is 9.56 Å². The van der Waals surface area contributed by atoms with Crippen molar-refractivity contribution in [3.8, 4) is 5.82 Å². The van der Waals surface area contributed by atoms with E-state index in [4.69, 9.17) is 0 Å². The molecule has 27 heavy (non-hydrogen) atoms. The smallest absolute Gasteiger partial charge is 0.193 e. The quantitative estimate of drug-likeness (QED) is 0.625. The molecule has 0 bridgehead atoms. The first-order chi connectivity index (χ1) is 12.7. The second-order valence-corrected chi connectivity index (χ2v) is 10.0. The van der Waals surface area contributed by atoms with E-state index in [-0.39, 0.29) is 5.75 Å². The van der Waals surface area contributed by atoms with Crippen molar-refractivity contribution in [2.75, 3.05) is 25.9 Å². The van der Waals surface area contributed by atoms with E-state index in [1.165, 1.54) is 0 Å². The van der Waals surface area contributed by atoms with Crippen LogP contribution in [0.2, 0.25) is 0 Å². The third-order valence-corrected chi connectivity index (χ3v) is 7.42. The van der Waals surface area contributed by atoms with Gasteiger partial charge in [0.2, 0.25) is 0 Å². The van der Waals surface area contributed by atoms with Crippen molar-refractivity contribution >= 4 is 15.8 Å². The second kappa shape index (κ2) is 7.30. The largest absolute Gasteiger partial charge is 0.352 e. The van der Waals surface area contributed by atoms with Gasteiger partial charge in [-0.05, 0) is 32.4 Å². The molecule has 0 aliphatic carbocycles. The van der Waals surface area contributed by atoms with Gasteiger partial charge in [-0.25, -0.2) is 18.4 Å². The van der Waals surface area contributed by atoms with Crippen LogP contribution in [0.5, 0.6) is 0 Å². The van der Waals surface area contributed by atoms with Gasteiger partial charge < -0.3 is 10.2 Å². The summed E-state index contributed by atoms with van der Waals surface area (Å²) in [6, 6.07) is 3.96. The van der Waals surface area contributed by atoms with Gasteiger partial charge >= 0.3 is 0 Å². The van der Waals surface area contributed by atoms with Gasteiger partial charge in [0.1, 0.15) is 11.6 Å². The molecule has 2 aromatic heterocycles. The number of aliphatic imine (C=N–C) groups is 1. The van der Waals surface area contributed by atoms with E-state index in [9.17, 15) is 8.42 Å². The molecule has 0 unspecified atom stereocenters. The van der Waals surface area contributed by atoms with Crippen molar-refractivity contribution in [2.45, 2.75) is 32.1 Å². The summed E-state index contributed by atoms with van der Waals surface area (Å²) < 4.78 is 25.5. The minimum atomic E-state index is -3.07. The average molecular weight is 391 g/mol. The molecule has 1 aliphatic rings. The zero-order valence-electron chi connectivity index (χ0n) is 16.2. The lowest BCUT2D eigenvalue weighted by Gasteiger charge is -2.39. The van der Waals surface area contributed by atoms with Gasteiger partial charge in [0.15, 0.2) is 15.8 Å². The Morgan fingerprint density at radius 2 is 2.11 bits per heavy atom. The molecule has 3 rings (SSSR count). The Hall–Kier alpha value is -2.42. The molecule has 0 atom stereocenters. The summed E-state index contributed by atoms with van der Waals surface area (Å²) in [7, 11) is -1.36. The number of aromatic nitrogens is 3. The summed E-state index contributed by atoms with van der Waals surface area (Å²) >= 11 is 0. The molecule has 2 aromatic rings. The van der Waals surface area contributed by atoms with E-state index in [0.29, 0.717) is 25.6 Å². The number of guanidine groups is 1. The van der Waals surface area contributed by atoms with E-state index in [1.807, 2.05) is 40.9 Å². The summed E-state index contributed by atoms with van der Waals surface area (Å²) in [5, 5.41) is 3.31. The van der Waals surface area contributed by atoms with E-state index < -0.39 is 14.6 Å². The fourth-order valence-corrected chi connectivity index (χ4v) is 4.49. The summed E-state index contributed by atoms with van der Waals surface area (Å²) in [6.07, 6.45) is 5.44. The Morgan fingerprint density at radius 3 is 2.67 bits per heavy atom. The Morgan fingerprint density at radius 1 is 1.33 bits per heavy atom. The van der Waals surface area contributed by atoms with Gasteiger partial charge in [-0.15, -0.1) is 0 Å². The molecule has 0 amide bonds. The molecule has 0 aromatic carbocycles. The number of rotatable bonds is 3. The minimum Gasteiger partial charge on any atom is -0.352 e. The van der Waals surface area contributed by atoms with Gasteiger partial charge in [-0.2, -0.15) is 0 Å². The third-order valence-electron chi connectivity index (χ3n) is 4.89. The maximum absolute atomic E-state index is 12.2. The molecule has 1 N–H and O–H groups in total. The van der Waals surface area contributed by atoms with Crippen LogP contribution in [-0.2, 0) is 16.4 Å². The van der Waals surface area contributed by atoms with Gasteiger partial charge in [0.25, 0.3) is 0 Å². The highest BCUT2D eigenvalue weighted by Gasteiger charge is 2.40. The van der Waals surface area contributed by atoms with E-state index in [1.54, 1.807) is 27.1 Å². The molecule has 8 nitrogen and oxygen atoms in total. The number of nitrogens with one attached hydrogen (secondary N) is 1. The number of sulfone groups is 1. The minimum absolute atomic E-state index is 0.140. The first kappa shape index (κ1) is 19.3. The van der Waals surface area contributed by atoms with Crippen molar-refractivity contribution in [1.82, 2.24) is 24.8 Å². The summed E-state index contributed by atoms with van der Waals surface area (Å²) in [5.41, 5.74) is 1.02. The van der Waals surface area contributed by atoms with Crippen LogP contribution >= 0.6 is 0 Å². The normalized spacial score (nSPS) is 19.1.